The SMILES string of the molecule is Cc1cccc(C(C)NC(=O)C2CC3CCCCC3N2)c1C.Cl. The van der Waals surface area contributed by atoms with Crippen molar-refractivity contribution in [1.29, 1.82) is 0 Å². The van der Waals surface area contributed by atoms with Crippen molar-refractivity contribution in [3.63, 3.8) is 0 Å². The third kappa shape index (κ3) is 3.89. The van der Waals surface area contributed by atoms with E-state index < -0.39 is 0 Å². The number of hydrogen-bond acceptors (Lipinski definition) is 2. The fourth-order valence-electron chi connectivity index (χ4n) is 4.16. The van der Waals surface area contributed by atoms with Gasteiger partial charge in [-0.3, -0.25) is 4.79 Å². The number of benzene rings is 1. The molecule has 3 rings (SSSR count). The van der Waals surface area contributed by atoms with Crippen molar-refractivity contribution in [3.05, 3.63) is 34.9 Å². The molecule has 0 aromatic heterocycles. The zero-order valence-corrected chi connectivity index (χ0v) is 15.2. The van der Waals surface area contributed by atoms with E-state index in [2.05, 4.69) is 49.6 Å². The van der Waals surface area contributed by atoms with Gasteiger partial charge in [-0.1, -0.05) is 31.0 Å². The van der Waals surface area contributed by atoms with Gasteiger partial charge in [-0.25, -0.2) is 0 Å². The van der Waals surface area contributed by atoms with Crippen LogP contribution < -0.4 is 10.6 Å². The highest BCUT2D eigenvalue weighted by Crippen LogP contribution is 2.33. The number of hydrogen-bond donors (Lipinski definition) is 2. The molecule has 23 heavy (non-hydrogen) atoms. The number of carbonyl (C=O) groups excluding carboxylic acids is 1. The molecule has 4 unspecified atom stereocenters. The van der Waals surface area contributed by atoms with E-state index >= 15 is 0 Å². The average molecular weight is 337 g/mol. The van der Waals surface area contributed by atoms with E-state index in [-0.39, 0.29) is 30.4 Å². The molecule has 0 radical (unpaired) electrons. The Morgan fingerprint density at radius 3 is 2.74 bits per heavy atom. The minimum atomic E-state index is 0. The van der Waals surface area contributed by atoms with Crippen LogP contribution in [-0.4, -0.2) is 18.0 Å². The fourth-order valence-corrected chi connectivity index (χ4v) is 4.16. The second-order valence-corrected chi connectivity index (χ2v) is 7.13. The Balaban J connectivity index is 0.00000192. The number of carbonyl (C=O) groups is 1. The molecule has 1 aliphatic heterocycles. The molecule has 1 aliphatic carbocycles. The predicted molar refractivity (Wildman–Crippen MR) is 97.0 cm³/mol. The quantitative estimate of drug-likeness (QED) is 0.881. The molecule has 2 aliphatic rings. The van der Waals surface area contributed by atoms with Crippen molar-refractivity contribution in [1.82, 2.24) is 10.6 Å². The maximum atomic E-state index is 12.6. The number of halogens is 1. The number of amides is 1. The summed E-state index contributed by atoms with van der Waals surface area (Å²) in [6.07, 6.45) is 6.17. The van der Waals surface area contributed by atoms with Crippen LogP contribution >= 0.6 is 12.4 Å². The first-order chi connectivity index (χ1) is 10.6. The Hall–Kier alpha value is -1.06. The summed E-state index contributed by atoms with van der Waals surface area (Å²) in [4.78, 5) is 12.6. The van der Waals surface area contributed by atoms with Crippen LogP contribution in [-0.2, 0) is 4.79 Å². The van der Waals surface area contributed by atoms with Crippen molar-refractivity contribution in [3.8, 4) is 0 Å². The van der Waals surface area contributed by atoms with Gasteiger partial charge in [0.2, 0.25) is 5.91 Å². The first-order valence-electron chi connectivity index (χ1n) is 8.69. The Kier molecular flexibility index (Phi) is 6.10. The molecule has 1 amide bonds. The lowest BCUT2D eigenvalue weighted by Gasteiger charge is -2.24. The summed E-state index contributed by atoms with van der Waals surface area (Å²) in [5.41, 5.74) is 3.79. The van der Waals surface area contributed by atoms with Crippen LogP contribution in [0.5, 0.6) is 0 Å². The Labute approximate surface area is 146 Å². The van der Waals surface area contributed by atoms with Gasteiger partial charge in [-0.05, 0) is 62.6 Å². The van der Waals surface area contributed by atoms with Crippen molar-refractivity contribution < 1.29 is 4.79 Å². The predicted octanol–water partition coefficient (Wildman–Crippen LogP) is 3.82. The first-order valence-corrected chi connectivity index (χ1v) is 8.69. The van der Waals surface area contributed by atoms with Crippen molar-refractivity contribution >= 4 is 18.3 Å². The van der Waals surface area contributed by atoms with Crippen LogP contribution in [0.1, 0.15) is 61.8 Å². The first kappa shape index (κ1) is 18.3. The average Bonchev–Trinajstić information content (AvgIpc) is 2.94. The van der Waals surface area contributed by atoms with Crippen LogP contribution in [0.2, 0.25) is 0 Å². The summed E-state index contributed by atoms with van der Waals surface area (Å²) < 4.78 is 0. The molecule has 2 N–H and O–H groups in total. The van der Waals surface area contributed by atoms with E-state index in [1.807, 2.05) is 0 Å². The van der Waals surface area contributed by atoms with Gasteiger partial charge in [-0.2, -0.15) is 0 Å². The lowest BCUT2D eigenvalue weighted by Crippen LogP contribution is -2.44. The summed E-state index contributed by atoms with van der Waals surface area (Å²) >= 11 is 0. The zero-order chi connectivity index (χ0) is 15.7. The van der Waals surface area contributed by atoms with Crippen LogP contribution in [0.3, 0.4) is 0 Å². The van der Waals surface area contributed by atoms with Crippen molar-refractivity contribution in [2.75, 3.05) is 0 Å². The van der Waals surface area contributed by atoms with E-state index in [4.69, 9.17) is 0 Å². The number of rotatable bonds is 3. The maximum absolute atomic E-state index is 12.6. The number of aryl methyl sites for hydroxylation is 1. The van der Waals surface area contributed by atoms with E-state index in [1.165, 1.54) is 42.4 Å². The van der Waals surface area contributed by atoms with Gasteiger partial charge in [0.25, 0.3) is 0 Å². The molecule has 0 bridgehead atoms. The Morgan fingerprint density at radius 2 is 2.00 bits per heavy atom. The molecular formula is C19H29ClN2O. The molecule has 2 fully saturated rings. The maximum Gasteiger partial charge on any atom is 0.237 e. The molecule has 4 atom stereocenters. The lowest BCUT2D eigenvalue weighted by atomic mass is 9.85. The van der Waals surface area contributed by atoms with Gasteiger partial charge < -0.3 is 10.6 Å². The minimum absolute atomic E-state index is 0. The highest BCUT2D eigenvalue weighted by Gasteiger charge is 2.38. The minimum Gasteiger partial charge on any atom is -0.348 e. The molecule has 0 spiro atoms. The standard InChI is InChI=1S/C19H28N2O.ClH/c1-12-7-6-9-16(13(12)2)14(3)20-19(22)18-11-15-8-4-5-10-17(15)21-18;/h6-7,9,14-15,17-18,21H,4-5,8,10-11H2,1-3H3,(H,20,22);1H. The Bertz CT molecular complexity index is 546. The second kappa shape index (κ2) is 7.67. The largest absolute Gasteiger partial charge is 0.348 e. The monoisotopic (exact) mass is 336 g/mol. The molecule has 1 saturated heterocycles. The van der Waals surface area contributed by atoms with Crippen molar-refractivity contribution in [2.24, 2.45) is 5.92 Å². The van der Waals surface area contributed by atoms with Gasteiger partial charge in [0.05, 0.1) is 12.1 Å². The molecule has 1 heterocycles. The van der Waals surface area contributed by atoms with Gasteiger partial charge in [0.15, 0.2) is 0 Å². The van der Waals surface area contributed by atoms with E-state index in [1.54, 1.807) is 0 Å². The lowest BCUT2D eigenvalue weighted by molar-refractivity contribution is -0.123. The summed E-state index contributed by atoms with van der Waals surface area (Å²) in [5.74, 6) is 0.878. The van der Waals surface area contributed by atoms with Gasteiger partial charge in [0.1, 0.15) is 0 Å². The zero-order valence-electron chi connectivity index (χ0n) is 14.4. The highest BCUT2D eigenvalue weighted by atomic mass is 35.5. The molecule has 4 heteroatoms. The number of nitrogens with one attached hydrogen (secondary N) is 2. The molecule has 1 aromatic rings. The highest BCUT2D eigenvalue weighted by molar-refractivity contribution is 5.85. The second-order valence-electron chi connectivity index (χ2n) is 7.13. The van der Waals surface area contributed by atoms with E-state index in [0.717, 1.165) is 6.42 Å². The summed E-state index contributed by atoms with van der Waals surface area (Å²) in [6.45, 7) is 6.34. The summed E-state index contributed by atoms with van der Waals surface area (Å²) in [5, 5.41) is 6.78. The van der Waals surface area contributed by atoms with Crippen LogP contribution in [0.15, 0.2) is 18.2 Å². The third-order valence-corrected chi connectivity index (χ3v) is 5.65. The topological polar surface area (TPSA) is 41.1 Å². The smallest absolute Gasteiger partial charge is 0.237 e. The summed E-state index contributed by atoms with van der Waals surface area (Å²) in [6, 6.07) is 6.95. The molecule has 128 valence electrons. The third-order valence-electron chi connectivity index (χ3n) is 5.65. The van der Waals surface area contributed by atoms with Gasteiger partial charge in [0, 0.05) is 6.04 Å². The number of fused-ring (bicyclic) bond motifs is 1. The fraction of sp³-hybridized carbons (Fsp3) is 0.632. The van der Waals surface area contributed by atoms with E-state index in [9.17, 15) is 4.79 Å². The van der Waals surface area contributed by atoms with Crippen LogP contribution in [0, 0.1) is 19.8 Å². The van der Waals surface area contributed by atoms with Gasteiger partial charge in [-0.15, -0.1) is 12.4 Å². The van der Waals surface area contributed by atoms with Gasteiger partial charge >= 0.3 is 0 Å². The van der Waals surface area contributed by atoms with E-state index in [0.29, 0.717) is 12.0 Å². The molecule has 1 aromatic carbocycles. The van der Waals surface area contributed by atoms with Crippen LogP contribution in [0.4, 0.5) is 0 Å². The summed E-state index contributed by atoms with van der Waals surface area (Å²) in [7, 11) is 0. The molecule has 1 saturated carbocycles. The molecular weight excluding hydrogens is 308 g/mol. The molecule has 3 nitrogen and oxygen atoms in total. The Morgan fingerprint density at radius 1 is 1.26 bits per heavy atom. The normalized spacial score (nSPS) is 27.7. The van der Waals surface area contributed by atoms with Crippen molar-refractivity contribution in [2.45, 2.75) is 71.0 Å². The van der Waals surface area contributed by atoms with Crippen LogP contribution in [0.25, 0.3) is 0 Å².